The second-order valence-electron chi connectivity index (χ2n) is 11.7. The van der Waals surface area contributed by atoms with E-state index in [0.717, 1.165) is 0 Å². The maximum Gasteiger partial charge on any atom is 0.0629 e. The summed E-state index contributed by atoms with van der Waals surface area (Å²) >= 11 is 1.91. The minimum atomic E-state index is 0.276. The molecule has 0 saturated heterocycles. The number of allylic oxidation sites excluding steroid dienone is 2. The molecule has 2 unspecified atom stereocenters. The second kappa shape index (κ2) is 8.70. The average Bonchev–Trinajstić information content (AvgIpc) is 3.73. The number of fused-ring (bicyclic) bond motifs is 12. The van der Waals surface area contributed by atoms with Crippen LogP contribution in [0.2, 0.25) is 0 Å². The summed E-state index contributed by atoms with van der Waals surface area (Å²) in [4.78, 5) is 2.50. The van der Waals surface area contributed by atoms with E-state index in [1.54, 1.807) is 0 Å². The quantitative estimate of drug-likeness (QED) is 0.202. The van der Waals surface area contributed by atoms with E-state index in [1.807, 2.05) is 11.3 Å². The second-order valence-corrected chi connectivity index (χ2v) is 12.7. The van der Waals surface area contributed by atoms with Crippen LogP contribution in [0.5, 0.6) is 0 Å². The van der Waals surface area contributed by atoms with Crippen molar-refractivity contribution in [3.8, 4) is 5.69 Å². The van der Waals surface area contributed by atoms with Crippen molar-refractivity contribution < 1.29 is 0 Å². The van der Waals surface area contributed by atoms with Crippen LogP contribution in [0.15, 0.2) is 146 Å². The highest BCUT2D eigenvalue weighted by Crippen LogP contribution is 2.49. The van der Waals surface area contributed by atoms with Gasteiger partial charge in [-0.05, 0) is 48.0 Å². The topological polar surface area (TPSA) is 8.17 Å². The molecule has 202 valence electrons. The largest absolute Gasteiger partial charge is 0.333 e. The van der Waals surface area contributed by atoms with Gasteiger partial charge in [-0.2, -0.15) is 0 Å². The van der Waals surface area contributed by atoms with Gasteiger partial charge in [-0.15, -0.1) is 11.3 Å². The highest BCUT2D eigenvalue weighted by Gasteiger charge is 2.37. The van der Waals surface area contributed by atoms with E-state index in [2.05, 4.69) is 155 Å². The molecule has 1 aliphatic carbocycles. The molecule has 0 fully saturated rings. The molecule has 6 aromatic carbocycles. The Kier molecular flexibility index (Phi) is 4.74. The van der Waals surface area contributed by atoms with Gasteiger partial charge >= 0.3 is 0 Å². The molecule has 8 aromatic rings. The van der Waals surface area contributed by atoms with E-state index in [1.165, 1.54) is 75.4 Å². The summed E-state index contributed by atoms with van der Waals surface area (Å²) in [5.41, 5.74) is 7.65. The zero-order chi connectivity index (χ0) is 28.1. The van der Waals surface area contributed by atoms with E-state index in [4.69, 9.17) is 0 Å². The maximum atomic E-state index is 2.51. The lowest BCUT2D eigenvalue weighted by atomic mass is 9.91. The van der Waals surface area contributed by atoms with Gasteiger partial charge in [-0.3, -0.25) is 0 Å². The minimum Gasteiger partial charge on any atom is -0.333 e. The Balaban J connectivity index is 1.27. The van der Waals surface area contributed by atoms with Crippen LogP contribution in [-0.4, -0.2) is 10.6 Å². The summed E-state index contributed by atoms with van der Waals surface area (Å²) in [6, 6.07) is 45.2. The Morgan fingerprint density at radius 1 is 0.535 bits per heavy atom. The molecular formula is C40H26N2S. The molecule has 43 heavy (non-hydrogen) atoms. The molecule has 0 amide bonds. The third-order valence-corrected chi connectivity index (χ3v) is 10.7. The third-order valence-electron chi connectivity index (χ3n) is 9.50. The Labute approximate surface area is 253 Å². The van der Waals surface area contributed by atoms with Gasteiger partial charge in [0, 0.05) is 64.7 Å². The predicted octanol–water partition coefficient (Wildman–Crippen LogP) is 11.0. The number of rotatable bonds is 2. The Morgan fingerprint density at radius 2 is 1.23 bits per heavy atom. The first-order valence-electron chi connectivity index (χ1n) is 14.9. The van der Waals surface area contributed by atoms with Gasteiger partial charge in [-0.1, -0.05) is 103 Å². The van der Waals surface area contributed by atoms with Crippen molar-refractivity contribution in [2.24, 2.45) is 0 Å². The lowest BCUT2D eigenvalue weighted by Gasteiger charge is -2.28. The van der Waals surface area contributed by atoms with E-state index >= 15 is 0 Å². The Morgan fingerprint density at radius 3 is 2.12 bits per heavy atom. The molecular weight excluding hydrogens is 541 g/mol. The van der Waals surface area contributed by atoms with Crippen LogP contribution >= 0.6 is 11.3 Å². The SMILES string of the molecule is C1=CC2c3cc(-n4c5ccccc5c5ccc6c(ccc7c8ccccc8sc76)c54)ccc3N(c3ccccc3)C2C=C1. The highest BCUT2D eigenvalue weighted by atomic mass is 32.1. The summed E-state index contributed by atoms with van der Waals surface area (Å²) in [5.74, 6) is 0.308. The first kappa shape index (κ1) is 23.4. The summed E-state index contributed by atoms with van der Waals surface area (Å²) in [6.07, 6.45) is 9.12. The fraction of sp³-hybridized carbons (Fsp3) is 0.0500. The molecule has 0 bridgehead atoms. The van der Waals surface area contributed by atoms with Crippen LogP contribution < -0.4 is 4.90 Å². The van der Waals surface area contributed by atoms with Gasteiger partial charge in [0.1, 0.15) is 0 Å². The highest BCUT2D eigenvalue weighted by molar-refractivity contribution is 7.26. The number of anilines is 2. The van der Waals surface area contributed by atoms with Crippen molar-refractivity contribution >= 4 is 75.5 Å². The summed E-state index contributed by atoms with van der Waals surface area (Å²) in [6.45, 7) is 0. The van der Waals surface area contributed by atoms with Crippen molar-refractivity contribution in [2.75, 3.05) is 4.90 Å². The maximum absolute atomic E-state index is 2.51. The molecule has 2 nitrogen and oxygen atoms in total. The van der Waals surface area contributed by atoms with Gasteiger partial charge in [0.05, 0.1) is 17.1 Å². The Hall–Kier alpha value is -5.12. The van der Waals surface area contributed by atoms with Crippen LogP contribution in [0.25, 0.3) is 58.4 Å². The van der Waals surface area contributed by atoms with E-state index in [9.17, 15) is 0 Å². The number of aromatic nitrogens is 1. The molecule has 0 N–H and O–H groups in total. The summed E-state index contributed by atoms with van der Waals surface area (Å²) in [7, 11) is 0. The summed E-state index contributed by atoms with van der Waals surface area (Å²) in [5, 5.41) is 7.91. The van der Waals surface area contributed by atoms with Crippen molar-refractivity contribution in [3.05, 3.63) is 151 Å². The molecule has 1 aliphatic heterocycles. The van der Waals surface area contributed by atoms with Crippen LogP contribution in [0.3, 0.4) is 0 Å². The monoisotopic (exact) mass is 566 g/mol. The minimum absolute atomic E-state index is 0.276. The van der Waals surface area contributed by atoms with Crippen LogP contribution in [-0.2, 0) is 0 Å². The molecule has 2 aliphatic rings. The molecule has 0 saturated carbocycles. The van der Waals surface area contributed by atoms with Gasteiger partial charge in [-0.25, -0.2) is 0 Å². The number of hydrogen-bond acceptors (Lipinski definition) is 2. The zero-order valence-electron chi connectivity index (χ0n) is 23.3. The van der Waals surface area contributed by atoms with Crippen molar-refractivity contribution in [2.45, 2.75) is 12.0 Å². The van der Waals surface area contributed by atoms with E-state index in [0.29, 0.717) is 5.92 Å². The molecule has 3 heteroatoms. The van der Waals surface area contributed by atoms with Crippen LogP contribution in [0.4, 0.5) is 11.4 Å². The Bertz CT molecular complexity index is 2480. The predicted molar refractivity (Wildman–Crippen MR) is 185 cm³/mol. The van der Waals surface area contributed by atoms with Gasteiger partial charge < -0.3 is 9.47 Å². The van der Waals surface area contributed by atoms with Crippen LogP contribution in [0, 0.1) is 0 Å². The molecule has 3 heterocycles. The zero-order valence-corrected chi connectivity index (χ0v) is 24.1. The third kappa shape index (κ3) is 3.17. The molecule has 0 spiro atoms. The fourth-order valence-electron chi connectivity index (χ4n) is 7.67. The van der Waals surface area contributed by atoms with E-state index in [-0.39, 0.29) is 6.04 Å². The van der Waals surface area contributed by atoms with Gasteiger partial charge in [0.25, 0.3) is 0 Å². The number of benzene rings is 6. The number of thiophene rings is 1. The molecule has 2 aromatic heterocycles. The first-order valence-corrected chi connectivity index (χ1v) is 15.8. The molecule has 2 atom stereocenters. The smallest absolute Gasteiger partial charge is 0.0629 e. The normalized spacial score (nSPS) is 17.5. The lowest BCUT2D eigenvalue weighted by Crippen LogP contribution is -2.28. The van der Waals surface area contributed by atoms with Crippen molar-refractivity contribution in [3.63, 3.8) is 0 Å². The lowest BCUT2D eigenvalue weighted by molar-refractivity contribution is 0.744. The number of para-hydroxylation sites is 2. The fourth-order valence-corrected chi connectivity index (χ4v) is 8.90. The number of hydrogen-bond donors (Lipinski definition) is 0. The first-order chi connectivity index (χ1) is 21.3. The van der Waals surface area contributed by atoms with Gasteiger partial charge in [0.2, 0.25) is 0 Å². The summed E-state index contributed by atoms with van der Waals surface area (Å²) < 4.78 is 5.22. The molecule has 0 radical (unpaired) electrons. The standard InChI is InChI=1S/C40H26N2S/c1-2-10-25(11-3-1)41-35-15-7-5-13-28(35)34-24-26(18-23-37(34)41)42-36-16-8-4-12-27(36)30-19-22-33-31(39(30)42)20-21-32-29-14-6-9-17-38(29)43-40(32)33/h1-24,28,35H. The van der Waals surface area contributed by atoms with Gasteiger partial charge in [0.15, 0.2) is 0 Å². The van der Waals surface area contributed by atoms with Crippen molar-refractivity contribution in [1.82, 2.24) is 4.57 Å². The van der Waals surface area contributed by atoms with Crippen molar-refractivity contribution in [1.29, 1.82) is 0 Å². The average molecular weight is 567 g/mol. The van der Waals surface area contributed by atoms with Crippen LogP contribution in [0.1, 0.15) is 11.5 Å². The number of nitrogens with zero attached hydrogens (tertiary/aromatic N) is 2. The van der Waals surface area contributed by atoms with E-state index < -0.39 is 0 Å². The molecule has 10 rings (SSSR count).